The van der Waals surface area contributed by atoms with E-state index in [1.165, 1.54) is 17.4 Å². The second kappa shape index (κ2) is 14.3. The third-order valence-corrected chi connectivity index (χ3v) is 14.2. The second-order valence-electron chi connectivity index (χ2n) is 16.4. The van der Waals surface area contributed by atoms with Gasteiger partial charge in [-0.1, -0.05) is 116 Å². The summed E-state index contributed by atoms with van der Waals surface area (Å²) in [4.78, 5) is 9.19. The molecule has 5 aromatic carbocycles. The Balaban J connectivity index is 0.000000213. The van der Waals surface area contributed by atoms with E-state index in [9.17, 15) is 5.76 Å². The average molecular weight is 939 g/mol. The number of furan rings is 1. The Kier molecular flexibility index (Phi) is 8.59. The van der Waals surface area contributed by atoms with Crippen LogP contribution in [0.1, 0.15) is 62.0 Å². The molecule has 1 saturated carbocycles. The summed E-state index contributed by atoms with van der Waals surface area (Å²) < 4.78 is 55.9. The number of aryl methyl sites for hydroxylation is 1. The van der Waals surface area contributed by atoms with Crippen molar-refractivity contribution in [3.8, 4) is 11.3 Å². The molecule has 0 N–H and O–H groups in total. The maximum Gasteiger partial charge on any atom is 0.129 e. The molecule has 4 aromatic heterocycles. The van der Waals surface area contributed by atoms with Gasteiger partial charge in [0.1, 0.15) is 5.58 Å². The Labute approximate surface area is 346 Å². The summed E-state index contributed by atoms with van der Waals surface area (Å²) in [6.45, 7) is 8.99. The predicted octanol–water partition coefficient (Wildman–Crippen LogP) is 13.7. The molecule has 0 amide bonds. The van der Waals surface area contributed by atoms with Crippen molar-refractivity contribution < 1.29 is 34.4 Å². The van der Waals surface area contributed by atoms with Gasteiger partial charge in [0.15, 0.2) is 0 Å². The van der Waals surface area contributed by atoms with Crippen LogP contribution in [0.25, 0.3) is 75.0 Å². The largest absolute Gasteiger partial charge is 0.500 e. The first-order valence-electron chi connectivity index (χ1n) is 20.6. The monoisotopic (exact) mass is 939 g/mol. The molecule has 1 aliphatic carbocycles. The van der Waals surface area contributed by atoms with Crippen molar-refractivity contribution in [2.24, 2.45) is 5.41 Å². The van der Waals surface area contributed by atoms with Crippen LogP contribution in [0.3, 0.4) is 0 Å². The number of thiophene rings is 1. The smallest absolute Gasteiger partial charge is 0.129 e. The van der Waals surface area contributed by atoms with Crippen molar-refractivity contribution in [1.82, 2.24) is 9.97 Å². The minimum Gasteiger partial charge on any atom is -0.500 e. The normalized spacial score (nSPS) is 16.7. The van der Waals surface area contributed by atoms with E-state index in [0.717, 1.165) is 71.0 Å². The zero-order valence-corrected chi connectivity index (χ0v) is 35.7. The number of pyridine rings is 2. The fourth-order valence-electron chi connectivity index (χ4n) is 7.82. The molecule has 1 aliphatic rings. The molecule has 55 heavy (non-hydrogen) atoms. The van der Waals surface area contributed by atoms with Crippen molar-refractivity contribution in [2.75, 3.05) is 0 Å². The van der Waals surface area contributed by atoms with Gasteiger partial charge in [-0.05, 0) is 82.0 Å². The van der Waals surface area contributed by atoms with Crippen LogP contribution in [-0.4, -0.2) is 18.0 Å². The van der Waals surface area contributed by atoms with Crippen LogP contribution in [0, 0.1) is 30.2 Å². The summed E-state index contributed by atoms with van der Waals surface area (Å²) >= 11 is 1.59. The maximum absolute atomic E-state index is 13.2. The van der Waals surface area contributed by atoms with Gasteiger partial charge >= 0.3 is 0 Å². The van der Waals surface area contributed by atoms with E-state index in [-0.39, 0.29) is 36.9 Å². The number of hydrogen-bond acceptors (Lipinski definition) is 4. The molecule has 0 saturated heterocycles. The molecule has 9 aromatic rings. The number of benzene rings is 5. The SMILES string of the molecule is C[Si](C)(C)c1cnc2c(c1)sc1cc(F)c[c-]c12.[2H]C([2H])([2H])c1cnc(-c2[c-]ccc3c2oc2c3ccc3ccc4ccccc4c32)cc1C1([2H])CCC(C)(C)CC1.[Ir]. The van der Waals surface area contributed by atoms with E-state index < -0.39 is 20.8 Å². The van der Waals surface area contributed by atoms with Gasteiger partial charge in [-0.25, -0.2) is 0 Å². The van der Waals surface area contributed by atoms with Gasteiger partial charge in [0, 0.05) is 64.8 Å². The van der Waals surface area contributed by atoms with Gasteiger partial charge in [0.25, 0.3) is 0 Å². The van der Waals surface area contributed by atoms with Crippen molar-refractivity contribution in [3.05, 3.63) is 126 Å². The molecular formula is C48H43FIrN2OSSi-2. The van der Waals surface area contributed by atoms with Crippen LogP contribution in [0.15, 0.2) is 102 Å². The van der Waals surface area contributed by atoms with Crippen LogP contribution in [0.4, 0.5) is 4.39 Å². The predicted molar refractivity (Wildman–Crippen MR) is 229 cm³/mol. The minimum atomic E-state index is -2.35. The maximum atomic E-state index is 13.2. The van der Waals surface area contributed by atoms with E-state index in [2.05, 4.69) is 98.1 Å². The van der Waals surface area contributed by atoms with Crippen molar-refractivity contribution >= 4 is 88.4 Å². The first-order valence-corrected chi connectivity index (χ1v) is 22.9. The van der Waals surface area contributed by atoms with Gasteiger partial charge in [0.2, 0.25) is 0 Å². The quantitative estimate of drug-likeness (QED) is 0.101. The topological polar surface area (TPSA) is 38.9 Å². The molecule has 0 aliphatic heterocycles. The number of nitrogens with zero attached hydrogens (tertiary/aromatic N) is 2. The Morgan fingerprint density at radius 2 is 1.64 bits per heavy atom. The molecule has 0 spiro atoms. The summed E-state index contributed by atoms with van der Waals surface area (Å²) in [5.74, 6) is -1.21. The Morgan fingerprint density at radius 1 is 0.873 bits per heavy atom. The Hall–Kier alpha value is -4.26. The van der Waals surface area contributed by atoms with Crippen molar-refractivity contribution in [3.63, 3.8) is 0 Å². The number of hydrogen-bond donors (Lipinski definition) is 0. The van der Waals surface area contributed by atoms with E-state index in [1.807, 2.05) is 36.5 Å². The molecule has 7 heteroatoms. The van der Waals surface area contributed by atoms with Crippen LogP contribution in [-0.2, 0) is 20.1 Å². The Bertz CT molecular complexity index is 3070. The molecule has 3 nitrogen and oxygen atoms in total. The Morgan fingerprint density at radius 3 is 2.44 bits per heavy atom. The number of halogens is 1. The molecule has 279 valence electrons. The molecule has 10 rings (SSSR count). The summed E-state index contributed by atoms with van der Waals surface area (Å²) in [5.41, 5.74) is 4.56. The second-order valence-corrected chi connectivity index (χ2v) is 22.5. The first-order chi connectivity index (χ1) is 27.5. The minimum absolute atomic E-state index is 0. The first kappa shape index (κ1) is 32.9. The van der Waals surface area contributed by atoms with E-state index in [0.29, 0.717) is 35.2 Å². The molecule has 0 unspecified atom stereocenters. The van der Waals surface area contributed by atoms with Gasteiger partial charge in [-0.2, -0.15) is 11.3 Å². The van der Waals surface area contributed by atoms with Crippen LogP contribution < -0.4 is 5.19 Å². The standard InChI is InChI=1S/C34H30NO.C14H13FNSSi.Ir/c1-21-20-35-30(19-29(21)23-15-17-34(2,3)18-16-23)28-10-6-9-26-27-14-13-24-12-11-22-7-4-5-8-25(22)31(24)33(27)36-32(26)28;1-18(2,3)10-7-13-14(16-8-10)11-5-4-9(15)6-12(11)17-13;/h4-9,11-14,19-20,23H,15-18H2,1-3H3;4,6-8H,1-3H3;/q2*-1;/i1D3,23D;;. The third kappa shape index (κ3) is 6.95. The molecule has 1 fully saturated rings. The summed E-state index contributed by atoms with van der Waals surface area (Å²) in [5, 5.41) is 8.70. The molecule has 1 radical (unpaired) electrons. The van der Waals surface area contributed by atoms with Crippen molar-refractivity contribution in [2.45, 2.75) is 71.9 Å². The molecule has 0 atom stereocenters. The van der Waals surface area contributed by atoms with E-state index in [4.69, 9.17) is 8.53 Å². The third-order valence-electron chi connectivity index (χ3n) is 11.1. The zero-order chi connectivity index (χ0) is 40.8. The van der Waals surface area contributed by atoms with Gasteiger partial charge in [-0.3, -0.25) is 4.39 Å². The van der Waals surface area contributed by atoms with Crippen molar-refractivity contribution in [1.29, 1.82) is 0 Å². The van der Waals surface area contributed by atoms with Crippen LogP contribution >= 0.6 is 11.3 Å². The fourth-order valence-corrected chi connectivity index (χ4v) is 10.1. The number of aromatic nitrogens is 2. The summed E-state index contributed by atoms with van der Waals surface area (Å²) in [7, 11) is -1.35. The summed E-state index contributed by atoms with van der Waals surface area (Å²) in [6.07, 6.45) is 6.40. The van der Waals surface area contributed by atoms with Crippen LogP contribution in [0.5, 0.6) is 0 Å². The summed E-state index contributed by atoms with van der Waals surface area (Å²) in [6, 6.07) is 34.0. The van der Waals surface area contributed by atoms with Gasteiger partial charge < -0.3 is 14.4 Å². The number of fused-ring (bicyclic) bond motifs is 10. The average Bonchev–Trinajstić information content (AvgIpc) is 3.76. The molecular weight excluding hydrogens is 892 g/mol. The van der Waals surface area contributed by atoms with Crippen LogP contribution in [0.2, 0.25) is 19.6 Å². The zero-order valence-electron chi connectivity index (χ0n) is 35.5. The van der Waals surface area contributed by atoms with E-state index in [1.54, 1.807) is 17.4 Å². The van der Waals surface area contributed by atoms with E-state index >= 15 is 0 Å². The molecule has 4 heterocycles. The number of rotatable bonds is 3. The fraction of sp³-hybridized carbons (Fsp3) is 0.250. The molecule has 0 bridgehead atoms. The van der Waals surface area contributed by atoms with Gasteiger partial charge in [0.05, 0.1) is 13.7 Å². The van der Waals surface area contributed by atoms with Gasteiger partial charge in [-0.15, -0.1) is 35.7 Å².